The van der Waals surface area contributed by atoms with Crippen LogP contribution in [0.1, 0.15) is 56.4 Å². The van der Waals surface area contributed by atoms with Gasteiger partial charge in [0, 0.05) is 37.1 Å². The zero-order chi connectivity index (χ0) is 22.7. The van der Waals surface area contributed by atoms with Gasteiger partial charge in [-0.05, 0) is 68.6 Å². The first-order chi connectivity index (χ1) is 16.0. The number of nitrogens with one attached hydrogen (secondary N) is 2. The summed E-state index contributed by atoms with van der Waals surface area (Å²) in [5.74, 6) is 1.29. The van der Waals surface area contributed by atoms with Gasteiger partial charge in [0.15, 0.2) is 0 Å². The number of likely N-dealkylation sites (tertiary alicyclic amines) is 1. The molecule has 1 aromatic carbocycles. The second-order valence-electron chi connectivity index (χ2n) is 10.9. The van der Waals surface area contributed by atoms with Gasteiger partial charge < -0.3 is 21.0 Å². The van der Waals surface area contributed by atoms with Crippen LogP contribution in [0.4, 0.5) is 5.69 Å². The topological polar surface area (TPSA) is 73.6 Å². The molecule has 7 atom stereocenters. The molecule has 33 heavy (non-hydrogen) atoms. The number of hydrogen-bond acceptors (Lipinski definition) is 5. The molecule has 0 aromatic heterocycles. The van der Waals surface area contributed by atoms with Crippen molar-refractivity contribution in [1.82, 2.24) is 15.6 Å². The van der Waals surface area contributed by atoms with Gasteiger partial charge in [0.1, 0.15) is 0 Å². The lowest BCUT2D eigenvalue weighted by Crippen LogP contribution is -2.61. The van der Waals surface area contributed by atoms with Crippen LogP contribution in [-0.2, 0) is 4.79 Å². The molecule has 1 aromatic rings. The number of benzene rings is 1. The largest absolute Gasteiger partial charge is 0.339 e. The Morgan fingerprint density at radius 1 is 1.12 bits per heavy atom. The van der Waals surface area contributed by atoms with Gasteiger partial charge in [-0.2, -0.15) is 0 Å². The smallest absolute Gasteiger partial charge is 0.228 e. The van der Waals surface area contributed by atoms with Crippen LogP contribution < -0.4 is 21.5 Å². The number of rotatable bonds is 3. The number of amides is 1. The second-order valence-corrected chi connectivity index (χ2v) is 12.0. The molecule has 3 saturated heterocycles. The van der Waals surface area contributed by atoms with E-state index in [1.54, 1.807) is 0 Å². The molecule has 7 unspecified atom stereocenters. The number of nitrogens with two attached hydrogens (primary N) is 1. The lowest BCUT2D eigenvalue weighted by molar-refractivity contribution is -0.142. The standard InChI is InChI=1S/C26H36BrN5O/c1-15-2-9-21-25-22(32(30-21)18-7-5-17(6-8-18)16-3-4-16)10-11-31(23(25)12-15)26(33)19-14-29-24(27)13-20(19)28/h5-8,16,19-25,29-30H,1-4,9-14,28H2. The molecule has 1 amide bonds. The Kier molecular flexibility index (Phi) is 5.80. The maximum atomic E-state index is 13.8. The lowest BCUT2D eigenvalue weighted by Gasteiger charge is -2.47. The van der Waals surface area contributed by atoms with Gasteiger partial charge in [0.05, 0.1) is 22.6 Å². The van der Waals surface area contributed by atoms with E-state index in [0.29, 0.717) is 24.5 Å². The van der Waals surface area contributed by atoms with Gasteiger partial charge in [0.25, 0.3) is 0 Å². The normalized spacial score (nSPS) is 38.7. The minimum atomic E-state index is -0.147. The molecule has 6 rings (SSSR count). The Bertz CT molecular complexity index is 918. The molecule has 6 nitrogen and oxygen atoms in total. The van der Waals surface area contributed by atoms with Gasteiger partial charge in [-0.3, -0.25) is 4.79 Å². The molecule has 3 aliphatic heterocycles. The zero-order valence-electron chi connectivity index (χ0n) is 19.3. The number of alkyl halides is 1. The number of hydrazine groups is 1. The quantitative estimate of drug-likeness (QED) is 0.328. The Hall–Kier alpha value is -1.41. The first kappa shape index (κ1) is 22.1. The summed E-state index contributed by atoms with van der Waals surface area (Å²) in [5.41, 5.74) is 14.3. The van der Waals surface area contributed by atoms with Gasteiger partial charge in [0.2, 0.25) is 5.91 Å². The highest BCUT2D eigenvalue weighted by molar-refractivity contribution is 9.09. The number of anilines is 1. The van der Waals surface area contributed by atoms with E-state index in [2.05, 4.69) is 67.4 Å². The van der Waals surface area contributed by atoms with Crippen LogP contribution in [0.25, 0.3) is 0 Å². The van der Waals surface area contributed by atoms with Crippen molar-refractivity contribution < 1.29 is 4.79 Å². The SMILES string of the molecule is C=C1CCC2NN(c3ccc(C4CC4)cc3)C3CCN(C(=O)C4CNC(Br)CC4N)C(C1)C23. The number of nitrogens with zero attached hydrogens (tertiary/aromatic N) is 2. The number of halogens is 1. The van der Waals surface area contributed by atoms with Crippen molar-refractivity contribution in [2.24, 2.45) is 17.6 Å². The fraction of sp³-hybridized carbons (Fsp3) is 0.654. The molecule has 0 spiro atoms. The summed E-state index contributed by atoms with van der Waals surface area (Å²) < 4.78 is 0. The molecular formula is C26H36BrN5O. The highest BCUT2D eigenvalue weighted by atomic mass is 79.9. The van der Waals surface area contributed by atoms with Gasteiger partial charge >= 0.3 is 0 Å². The van der Waals surface area contributed by atoms with Crippen LogP contribution in [0.5, 0.6) is 0 Å². The molecule has 0 bridgehead atoms. The number of hydrogen-bond donors (Lipinski definition) is 3. The summed E-state index contributed by atoms with van der Waals surface area (Å²) in [4.78, 5) is 16.1. The minimum absolute atomic E-state index is 0.103. The van der Waals surface area contributed by atoms with Gasteiger partial charge in [-0.25, -0.2) is 5.43 Å². The van der Waals surface area contributed by atoms with Crippen molar-refractivity contribution in [3.8, 4) is 0 Å². The molecule has 2 saturated carbocycles. The predicted octanol–water partition coefficient (Wildman–Crippen LogP) is 3.24. The Labute approximate surface area is 205 Å². The van der Waals surface area contributed by atoms with Crippen molar-refractivity contribution in [3.05, 3.63) is 42.0 Å². The van der Waals surface area contributed by atoms with E-state index in [-0.39, 0.29) is 28.9 Å². The second kappa shape index (κ2) is 8.67. The van der Waals surface area contributed by atoms with Gasteiger partial charge in [-0.15, -0.1) is 0 Å². The maximum Gasteiger partial charge on any atom is 0.228 e. The number of carbonyl (C=O) groups excluding carboxylic acids is 1. The van der Waals surface area contributed by atoms with Crippen molar-refractivity contribution in [1.29, 1.82) is 0 Å². The summed E-state index contributed by atoms with van der Waals surface area (Å²) in [6.07, 6.45) is 7.47. The fourth-order valence-electron chi connectivity index (χ4n) is 6.79. The molecule has 0 radical (unpaired) electrons. The van der Waals surface area contributed by atoms with E-state index >= 15 is 0 Å². The van der Waals surface area contributed by atoms with E-state index in [1.807, 2.05) is 0 Å². The first-order valence-corrected chi connectivity index (χ1v) is 13.7. The minimum Gasteiger partial charge on any atom is -0.339 e. The summed E-state index contributed by atoms with van der Waals surface area (Å²) in [5, 5.41) is 5.83. The molecule has 178 valence electrons. The Balaban J connectivity index is 1.25. The molecule has 4 N–H and O–H groups in total. The van der Waals surface area contributed by atoms with Crippen molar-refractivity contribution in [2.75, 3.05) is 18.1 Å². The highest BCUT2D eigenvalue weighted by Gasteiger charge is 2.53. The van der Waals surface area contributed by atoms with Crippen LogP contribution in [-0.4, -0.2) is 53.0 Å². The average molecular weight is 515 g/mol. The summed E-state index contributed by atoms with van der Waals surface area (Å²) in [6, 6.07) is 10.1. The van der Waals surface area contributed by atoms with Gasteiger partial charge in [-0.1, -0.05) is 40.2 Å². The summed E-state index contributed by atoms with van der Waals surface area (Å²) >= 11 is 3.60. The predicted molar refractivity (Wildman–Crippen MR) is 135 cm³/mol. The molecule has 2 aliphatic carbocycles. The Morgan fingerprint density at radius 3 is 2.64 bits per heavy atom. The summed E-state index contributed by atoms with van der Waals surface area (Å²) in [6.45, 7) is 5.81. The molecule has 7 heteroatoms. The van der Waals surface area contributed by atoms with Crippen LogP contribution in [0.3, 0.4) is 0 Å². The van der Waals surface area contributed by atoms with Crippen molar-refractivity contribution in [2.45, 2.75) is 80.0 Å². The van der Waals surface area contributed by atoms with Crippen molar-refractivity contribution >= 4 is 27.5 Å². The van der Waals surface area contributed by atoms with Crippen LogP contribution in [0, 0.1) is 11.8 Å². The van der Waals surface area contributed by atoms with E-state index < -0.39 is 0 Å². The third-order valence-electron chi connectivity index (χ3n) is 8.74. The zero-order valence-corrected chi connectivity index (χ0v) is 20.8. The van der Waals surface area contributed by atoms with Crippen LogP contribution in [0.2, 0.25) is 0 Å². The van der Waals surface area contributed by atoms with Crippen LogP contribution in [0.15, 0.2) is 36.4 Å². The first-order valence-electron chi connectivity index (χ1n) is 12.7. The number of carbonyl (C=O) groups is 1. The monoisotopic (exact) mass is 513 g/mol. The van der Waals surface area contributed by atoms with E-state index in [1.165, 1.54) is 29.7 Å². The lowest BCUT2D eigenvalue weighted by atomic mass is 9.79. The number of piperidine rings is 2. The van der Waals surface area contributed by atoms with E-state index in [0.717, 1.165) is 44.6 Å². The fourth-order valence-corrected chi connectivity index (χ4v) is 7.41. The molecular weight excluding hydrogens is 478 g/mol. The average Bonchev–Trinajstić information content (AvgIpc) is 3.60. The van der Waals surface area contributed by atoms with Crippen LogP contribution >= 0.6 is 15.9 Å². The van der Waals surface area contributed by atoms with E-state index in [9.17, 15) is 4.79 Å². The highest BCUT2D eigenvalue weighted by Crippen LogP contribution is 2.45. The molecule has 5 aliphatic rings. The summed E-state index contributed by atoms with van der Waals surface area (Å²) in [7, 11) is 0. The van der Waals surface area contributed by atoms with E-state index in [4.69, 9.17) is 5.73 Å². The Morgan fingerprint density at radius 2 is 1.91 bits per heavy atom. The molecule has 5 fully saturated rings. The third kappa shape index (κ3) is 4.05. The third-order valence-corrected chi connectivity index (χ3v) is 9.44. The molecule has 3 heterocycles. The maximum absolute atomic E-state index is 13.8. The van der Waals surface area contributed by atoms with Crippen molar-refractivity contribution in [3.63, 3.8) is 0 Å².